The summed E-state index contributed by atoms with van der Waals surface area (Å²) in [7, 11) is 1.58. The number of hydroxylamine groups is 1. The highest BCUT2D eigenvalue weighted by molar-refractivity contribution is 7.19. The summed E-state index contributed by atoms with van der Waals surface area (Å²) in [6.45, 7) is 3.26. The number of morpholine rings is 1. The first-order chi connectivity index (χ1) is 17.1. The van der Waals surface area contributed by atoms with E-state index in [1.165, 1.54) is 12.4 Å². The second-order valence-electron chi connectivity index (χ2n) is 7.58. The number of rotatable bonds is 7. The highest BCUT2D eigenvalue weighted by Gasteiger charge is 2.20. The molecule has 1 fully saturated rings. The molecule has 1 amide bonds. The van der Waals surface area contributed by atoms with Gasteiger partial charge in [0.1, 0.15) is 0 Å². The molecule has 1 aliphatic rings. The highest BCUT2D eigenvalue weighted by atomic mass is 32.1. The molecule has 12 nitrogen and oxygen atoms in total. The first kappa shape index (κ1) is 25.2. The standard InChI is InChI=1S/C22H22N8O4S.CH4/c1-33-17-3-2-13(9-23-17)19-27-16-8-15(12-26-22-24-10-14(11-25-22)21(31)29-32)35-18(16)20(28-19)30-4-6-34-7-5-30;/h2-3,8-11,32H,4-7,12H2,1H3,(H,29,31)(H,24,25,26);1H4. The second kappa shape index (κ2) is 11.2. The number of fused-ring (bicyclic) bond motifs is 1. The largest absolute Gasteiger partial charge is 0.481 e. The van der Waals surface area contributed by atoms with Crippen molar-refractivity contribution in [2.24, 2.45) is 0 Å². The van der Waals surface area contributed by atoms with Crippen molar-refractivity contribution < 1.29 is 19.5 Å². The Kier molecular flexibility index (Phi) is 7.83. The summed E-state index contributed by atoms with van der Waals surface area (Å²) in [5.41, 5.74) is 3.35. The van der Waals surface area contributed by atoms with Crippen LogP contribution in [-0.2, 0) is 11.3 Å². The first-order valence-corrected chi connectivity index (χ1v) is 11.6. The number of nitrogens with one attached hydrogen (secondary N) is 2. The fourth-order valence-corrected chi connectivity index (χ4v) is 4.62. The Balaban J connectivity index is 0.00000304. The van der Waals surface area contributed by atoms with Crippen molar-refractivity contribution in [1.29, 1.82) is 0 Å². The number of hydrogen-bond acceptors (Lipinski definition) is 12. The van der Waals surface area contributed by atoms with E-state index in [1.807, 2.05) is 12.1 Å². The van der Waals surface area contributed by atoms with Gasteiger partial charge in [-0.1, -0.05) is 7.43 Å². The number of carbonyl (C=O) groups is 1. The van der Waals surface area contributed by atoms with E-state index in [1.54, 1.807) is 36.2 Å². The molecule has 1 aliphatic heterocycles. The molecule has 0 atom stereocenters. The summed E-state index contributed by atoms with van der Waals surface area (Å²) in [4.78, 5) is 36.9. The lowest BCUT2D eigenvalue weighted by Gasteiger charge is -2.28. The lowest BCUT2D eigenvalue weighted by Crippen LogP contribution is -2.36. The van der Waals surface area contributed by atoms with Crippen LogP contribution in [0.5, 0.6) is 5.88 Å². The first-order valence-electron chi connectivity index (χ1n) is 10.8. The molecule has 5 rings (SSSR count). The van der Waals surface area contributed by atoms with Gasteiger partial charge in [0, 0.05) is 48.2 Å². The van der Waals surface area contributed by atoms with Crippen molar-refractivity contribution in [2.45, 2.75) is 14.0 Å². The Morgan fingerprint density at radius 1 is 1.17 bits per heavy atom. The van der Waals surface area contributed by atoms with Crippen LogP contribution in [0.3, 0.4) is 0 Å². The molecular weight excluding hydrogens is 484 g/mol. The van der Waals surface area contributed by atoms with Crippen LogP contribution in [0.2, 0.25) is 0 Å². The number of hydrogen-bond donors (Lipinski definition) is 3. The zero-order valence-corrected chi connectivity index (χ0v) is 19.6. The summed E-state index contributed by atoms with van der Waals surface area (Å²) < 4.78 is 11.7. The summed E-state index contributed by atoms with van der Waals surface area (Å²) >= 11 is 1.60. The number of nitrogens with zero attached hydrogens (tertiary/aromatic N) is 6. The Morgan fingerprint density at radius 2 is 1.94 bits per heavy atom. The molecule has 0 aromatic carbocycles. The Labute approximate surface area is 211 Å². The van der Waals surface area contributed by atoms with Gasteiger partial charge in [-0.2, -0.15) is 0 Å². The molecule has 4 aromatic rings. The maximum Gasteiger partial charge on any atom is 0.277 e. The van der Waals surface area contributed by atoms with E-state index >= 15 is 0 Å². The van der Waals surface area contributed by atoms with Crippen LogP contribution in [0.15, 0.2) is 36.8 Å². The third kappa shape index (κ3) is 5.32. The van der Waals surface area contributed by atoms with Gasteiger partial charge in [-0.15, -0.1) is 11.3 Å². The molecule has 0 saturated carbocycles. The molecular formula is C23H26N8O4S. The maximum atomic E-state index is 11.4. The summed E-state index contributed by atoms with van der Waals surface area (Å²) in [6.07, 6.45) is 4.38. The Bertz CT molecular complexity index is 1320. The molecule has 13 heteroatoms. The molecule has 0 aliphatic carbocycles. The Hall–Kier alpha value is -3.94. The van der Waals surface area contributed by atoms with Crippen molar-refractivity contribution in [1.82, 2.24) is 30.4 Å². The topological polar surface area (TPSA) is 148 Å². The SMILES string of the molecule is C.COc1ccc(-c2nc(N3CCOCC3)c3sc(CNc4ncc(C(=O)NO)cn4)cc3n2)cn1. The third-order valence-corrected chi connectivity index (χ3v) is 6.48. The molecule has 0 spiro atoms. The van der Waals surface area contributed by atoms with Crippen LogP contribution in [0.1, 0.15) is 22.7 Å². The molecule has 4 aromatic heterocycles. The fourth-order valence-electron chi connectivity index (χ4n) is 3.57. The van der Waals surface area contributed by atoms with E-state index in [2.05, 4.69) is 25.2 Å². The van der Waals surface area contributed by atoms with Crippen LogP contribution in [0.4, 0.5) is 11.8 Å². The van der Waals surface area contributed by atoms with Gasteiger partial charge in [0.25, 0.3) is 5.91 Å². The number of thiophene rings is 1. The minimum absolute atomic E-state index is 0. The minimum atomic E-state index is -0.668. The zero-order valence-electron chi connectivity index (χ0n) is 18.8. The number of methoxy groups -OCH3 is 1. The van der Waals surface area contributed by atoms with Gasteiger partial charge in [0.15, 0.2) is 11.6 Å². The summed E-state index contributed by atoms with van der Waals surface area (Å²) in [5.74, 6) is 1.68. The van der Waals surface area contributed by atoms with Crippen molar-refractivity contribution in [3.05, 3.63) is 47.2 Å². The molecule has 3 N–H and O–H groups in total. The van der Waals surface area contributed by atoms with Gasteiger partial charge >= 0.3 is 0 Å². The molecule has 0 unspecified atom stereocenters. The van der Waals surface area contributed by atoms with Crippen LogP contribution in [0, 0.1) is 0 Å². The Morgan fingerprint density at radius 3 is 2.61 bits per heavy atom. The molecule has 0 radical (unpaired) electrons. The molecule has 1 saturated heterocycles. The van der Waals surface area contributed by atoms with Gasteiger partial charge in [0.2, 0.25) is 11.8 Å². The van der Waals surface area contributed by atoms with Gasteiger partial charge in [-0.05, 0) is 12.1 Å². The fraction of sp³-hybridized carbons (Fsp3) is 0.304. The monoisotopic (exact) mass is 510 g/mol. The van der Waals surface area contributed by atoms with Gasteiger partial charge in [-0.25, -0.2) is 30.4 Å². The number of carbonyl (C=O) groups excluding carboxylic acids is 1. The molecule has 36 heavy (non-hydrogen) atoms. The van der Waals surface area contributed by atoms with Crippen molar-refractivity contribution >= 4 is 39.2 Å². The van der Waals surface area contributed by atoms with E-state index in [0.717, 1.165) is 39.6 Å². The zero-order chi connectivity index (χ0) is 24.2. The van der Waals surface area contributed by atoms with E-state index in [-0.39, 0.29) is 13.0 Å². The average molecular weight is 511 g/mol. The maximum absolute atomic E-state index is 11.4. The second-order valence-corrected chi connectivity index (χ2v) is 8.71. The average Bonchev–Trinajstić information content (AvgIpc) is 3.35. The smallest absolute Gasteiger partial charge is 0.277 e. The van der Waals surface area contributed by atoms with Crippen LogP contribution < -0.4 is 20.4 Å². The molecule has 0 bridgehead atoms. The van der Waals surface area contributed by atoms with Gasteiger partial charge in [0.05, 0.1) is 42.6 Å². The lowest BCUT2D eigenvalue weighted by atomic mass is 10.2. The van der Waals surface area contributed by atoms with E-state index < -0.39 is 5.91 Å². The minimum Gasteiger partial charge on any atom is -0.481 e. The van der Waals surface area contributed by atoms with Crippen LogP contribution in [-0.4, -0.2) is 69.4 Å². The molecule has 188 valence electrons. The molecule has 5 heterocycles. The predicted molar refractivity (Wildman–Crippen MR) is 136 cm³/mol. The quantitative estimate of drug-likeness (QED) is 0.249. The number of anilines is 2. The predicted octanol–water partition coefficient (Wildman–Crippen LogP) is 2.76. The summed E-state index contributed by atoms with van der Waals surface area (Å²) in [6, 6.07) is 5.70. The van der Waals surface area contributed by atoms with Gasteiger partial charge < -0.3 is 19.7 Å². The number of ether oxygens (including phenoxy) is 2. The van der Waals surface area contributed by atoms with Gasteiger partial charge in [-0.3, -0.25) is 10.0 Å². The van der Waals surface area contributed by atoms with Crippen molar-refractivity contribution in [2.75, 3.05) is 43.6 Å². The van der Waals surface area contributed by atoms with E-state index in [0.29, 0.717) is 37.4 Å². The van der Waals surface area contributed by atoms with Crippen molar-refractivity contribution in [3.8, 4) is 17.3 Å². The van der Waals surface area contributed by atoms with Crippen LogP contribution >= 0.6 is 11.3 Å². The lowest BCUT2D eigenvalue weighted by molar-refractivity contribution is 0.0705. The number of aromatic nitrogens is 5. The number of amides is 1. The number of pyridine rings is 1. The van der Waals surface area contributed by atoms with Crippen molar-refractivity contribution in [3.63, 3.8) is 0 Å². The highest BCUT2D eigenvalue weighted by Crippen LogP contribution is 2.34. The summed E-state index contributed by atoms with van der Waals surface area (Å²) in [5, 5.41) is 11.9. The van der Waals surface area contributed by atoms with E-state index in [9.17, 15) is 4.79 Å². The normalized spacial score (nSPS) is 13.2. The third-order valence-electron chi connectivity index (χ3n) is 5.36. The van der Waals surface area contributed by atoms with E-state index in [4.69, 9.17) is 24.6 Å². The van der Waals surface area contributed by atoms with Crippen LogP contribution in [0.25, 0.3) is 21.6 Å².